The molecule has 0 aliphatic carbocycles. The molecule has 2 saturated heterocycles. The molecule has 2 heterocycles. The maximum absolute atomic E-state index is 12.2. The Kier molecular flexibility index (Phi) is 6.06. The second kappa shape index (κ2) is 7.59. The lowest BCUT2D eigenvalue weighted by Crippen LogP contribution is -2.51. The maximum atomic E-state index is 12.2. The molecule has 4 heteroatoms. The lowest BCUT2D eigenvalue weighted by atomic mass is 9.88. The van der Waals surface area contributed by atoms with Crippen LogP contribution in [0.5, 0.6) is 0 Å². The van der Waals surface area contributed by atoms with Crippen molar-refractivity contribution >= 4 is 5.91 Å². The van der Waals surface area contributed by atoms with E-state index >= 15 is 0 Å². The topological polar surface area (TPSA) is 26.8 Å². The largest absolute Gasteiger partial charge is 0.340 e. The first-order chi connectivity index (χ1) is 9.97. The number of likely N-dealkylation sites (tertiary alicyclic amines) is 1. The summed E-state index contributed by atoms with van der Waals surface area (Å²) in [5.41, 5.74) is 0. The van der Waals surface area contributed by atoms with E-state index in [9.17, 15) is 4.79 Å². The van der Waals surface area contributed by atoms with Crippen molar-refractivity contribution in [3.63, 3.8) is 0 Å². The van der Waals surface area contributed by atoms with E-state index in [1.165, 1.54) is 13.1 Å². The molecule has 2 fully saturated rings. The zero-order valence-electron chi connectivity index (χ0n) is 14.3. The molecule has 0 aromatic rings. The third-order valence-corrected chi connectivity index (χ3v) is 5.19. The normalized spacial score (nSPS) is 22.1. The SMILES string of the molecule is CC(C)C1CN(CCCC(=O)N2CCN(C(C)C)CC2)C1. The molecule has 0 N–H and O–H groups in total. The summed E-state index contributed by atoms with van der Waals surface area (Å²) in [7, 11) is 0. The van der Waals surface area contributed by atoms with E-state index < -0.39 is 0 Å². The molecule has 0 aromatic heterocycles. The van der Waals surface area contributed by atoms with Crippen molar-refractivity contribution in [3.05, 3.63) is 0 Å². The fourth-order valence-electron chi connectivity index (χ4n) is 3.31. The first-order valence-corrected chi connectivity index (χ1v) is 8.71. The van der Waals surface area contributed by atoms with E-state index in [0.717, 1.165) is 57.4 Å². The van der Waals surface area contributed by atoms with Crippen LogP contribution in [0.15, 0.2) is 0 Å². The van der Waals surface area contributed by atoms with Gasteiger partial charge in [0.05, 0.1) is 0 Å². The molecular weight excluding hydrogens is 262 g/mol. The lowest BCUT2D eigenvalue weighted by Gasteiger charge is -2.42. The van der Waals surface area contributed by atoms with Crippen molar-refractivity contribution in [3.8, 4) is 0 Å². The fraction of sp³-hybridized carbons (Fsp3) is 0.941. The van der Waals surface area contributed by atoms with Crippen LogP contribution in [0, 0.1) is 11.8 Å². The zero-order valence-corrected chi connectivity index (χ0v) is 14.3. The molecule has 0 bridgehead atoms. The van der Waals surface area contributed by atoms with E-state index in [4.69, 9.17) is 0 Å². The Morgan fingerprint density at radius 2 is 1.67 bits per heavy atom. The predicted octanol–water partition coefficient (Wildman–Crippen LogP) is 1.91. The summed E-state index contributed by atoms with van der Waals surface area (Å²) in [6.45, 7) is 16.5. The smallest absolute Gasteiger partial charge is 0.222 e. The van der Waals surface area contributed by atoms with Gasteiger partial charge in [-0.2, -0.15) is 0 Å². The van der Waals surface area contributed by atoms with Gasteiger partial charge in [-0.15, -0.1) is 0 Å². The first-order valence-electron chi connectivity index (χ1n) is 8.71. The van der Waals surface area contributed by atoms with Gasteiger partial charge in [0.25, 0.3) is 0 Å². The van der Waals surface area contributed by atoms with E-state index in [1.54, 1.807) is 0 Å². The van der Waals surface area contributed by atoms with Gasteiger partial charge in [-0.3, -0.25) is 9.69 Å². The Labute approximate surface area is 130 Å². The van der Waals surface area contributed by atoms with Crippen LogP contribution in [0.2, 0.25) is 0 Å². The minimum Gasteiger partial charge on any atom is -0.340 e. The molecule has 0 unspecified atom stereocenters. The molecule has 0 spiro atoms. The molecule has 2 rings (SSSR count). The molecule has 2 aliphatic rings. The Bertz CT molecular complexity index is 329. The van der Waals surface area contributed by atoms with Gasteiger partial charge in [0, 0.05) is 51.7 Å². The van der Waals surface area contributed by atoms with E-state index in [2.05, 4.69) is 42.4 Å². The van der Waals surface area contributed by atoms with Crippen LogP contribution in [-0.2, 0) is 4.79 Å². The van der Waals surface area contributed by atoms with Gasteiger partial charge in [0.15, 0.2) is 0 Å². The number of nitrogens with zero attached hydrogens (tertiary/aromatic N) is 3. The predicted molar refractivity (Wildman–Crippen MR) is 87.3 cm³/mol. The van der Waals surface area contributed by atoms with Crippen LogP contribution >= 0.6 is 0 Å². The van der Waals surface area contributed by atoms with Crippen LogP contribution in [-0.4, -0.2) is 72.5 Å². The Hall–Kier alpha value is -0.610. The van der Waals surface area contributed by atoms with Crippen molar-refractivity contribution in [1.82, 2.24) is 14.7 Å². The average molecular weight is 295 g/mol. The monoisotopic (exact) mass is 295 g/mol. The summed E-state index contributed by atoms with van der Waals surface area (Å²) < 4.78 is 0. The molecule has 2 aliphatic heterocycles. The minimum atomic E-state index is 0.360. The molecular formula is C17H33N3O. The first kappa shape index (κ1) is 16.8. The maximum Gasteiger partial charge on any atom is 0.222 e. The number of amides is 1. The summed E-state index contributed by atoms with van der Waals surface area (Å²) >= 11 is 0. The van der Waals surface area contributed by atoms with E-state index in [1.807, 2.05) is 0 Å². The number of piperazine rings is 1. The van der Waals surface area contributed by atoms with Crippen LogP contribution in [0.3, 0.4) is 0 Å². The number of rotatable bonds is 6. The highest BCUT2D eigenvalue weighted by Crippen LogP contribution is 2.23. The molecule has 122 valence electrons. The van der Waals surface area contributed by atoms with Crippen LogP contribution in [0.4, 0.5) is 0 Å². The second-order valence-electron chi connectivity index (χ2n) is 7.38. The number of hydrogen-bond donors (Lipinski definition) is 0. The molecule has 4 nitrogen and oxygen atoms in total. The Balaban J connectivity index is 1.56. The van der Waals surface area contributed by atoms with Crippen molar-refractivity contribution in [2.24, 2.45) is 11.8 Å². The summed E-state index contributed by atoms with van der Waals surface area (Å²) in [6.07, 6.45) is 1.75. The molecule has 0 aromatic carbocycles. The van der Waals surface area contributed by atoms with Crippen molar-refractivity contribution in [2.45, 2.75) is 46.6 Å². The Morgan fingerprint density at radius 1 is 1.05 bits per heavy atom. The standard InChI is InChI=1S/C17H33N3O/c1-14(2)16-12-18(13-16)7-5-6-17(21)20-10-8-19(9-11-20)15(3)4/h14-16H,5-13H2,1-4H3. The number of hydrogen-bond acceptors (Lipinski definition) is 3. The van der Waals surface area contributed by atoms with E-state index in [-0.39, 0.29) is 0 Å². The van der Waals surface area contributed by atoms with Crippen molar-refractivity contribution in [2.75, 3.05) is 45.8 Å². The van der Waals surface area contributed by atoms with Crippen LogP contribution in [0.25, 0.3) is 0 Å². The van der Waals surface area contributed by atoms with E-state index in [0.29, 0.717) is 11.9 Å². The second-order valence-corrected chi connectivity index (χ2v) is 7.38. The van der Waals surface area contributed by atoms with Crippen LogP contribution in [0.1, 0.15) is 40.5 Å². The van der Waals surface area contributed by atoms with Gasteiger partial charge in [-0.05, 0) is 38.6 Å². The number of carbonyl (C=O) groups is 1. The molecule has 0 saturated carbocycles. The summed E-state index contributed by atoms with van der Waals surface area (Å²) in [4.78, 5) is 19.2. The zero-order chi connectivity index (χ0) is 15.4. The van der Waals surface area contributed by atoms with Gasteiger partial charge in [-0.1, -0.05) is 13.8 Å². The minimum absolute atomic E-state index is 0.360. The molecule has 1 amide bonds. The third kappa shape index (κ3) is 4.68. The molecule has 21 heavy (non-hydrogen) atoms. The third-order valence-electron chi connectivity index (χ3n) is 5.19. The summed E-state index contributed by atoms with van der Waals surface area (Å²) in [5.74, 6) is 2.05. The number of carbonyl (C=O) groups excluding carboxylic acids is 1. The highest BCUT2D eigenvalue weighted by molar-refractivity contribution is 5.76. The molecule has 0 radical (unpaired) electrons. The Morgan fingerprint density at radius 3 is 2.19 bits per heavy atom. The van der Waals surface area contributed by atoms with Crippen LogP contribution < -0.4 is 0 Å². The average Bonchev–Trinajstić information content (AvgIpc) is 2.40. The summed E-state index contributed by atoms with van der Waals surface area (Å²) in [6, 6.07) is 0.600. The summed E-state index contributed by atoms with van der Waals surface area (Å²) in [5, 5.41) is 0. The molecule has 0 atom stereocenters. The van der Waals surface area contributed by atoms with Gasteiger partial charge < -0.3 is 9.80 Å². The fourth-order valence-corrected chi connectivity index (χ4v) is 3.31. The van der Waals surface area contributed by atoms with Crippen molar-refractivity contribution < 1.29 is 4.79 Å². The highest BCUT2D eigenvalue weighted by Gasteiger charge is 2.28. The quantitative estimate of drug-likeness (QED) is 0.749. The lowest BCUT2D eigenvalue weighted by molar-refractivity contribution is -0.133. The van der Waals surface area contributed by atoms with Gasteiger partial charge in [0.2, 0.25) is 5.91 Å². The van der Waals surface area contributed by atoms with Gasteiger partial charge in [0.1, 0.15) is 0 Å². The van der Waals surface area contributed by atoms with Gasteiger partial charge in [-0.25, -0.2) is 0 Å². The van der Waals surface area contributed by atoms with Gasteiger partial charge >= 0.3 is 0 Å². The van der Waals surface area contributed by atoms with Crippen molar-refractivity contribution in [1.29, 1.82) is 0 Å². The highest BCUT2D eigenvalue weighted by atomic mass is 16.2.